The Bertz CT molecular complexity index is 544. The number of aryl methyl sites for hydroxylation is 2. The van der Waals surface area contributed by atoms with E-state index in [0.717, 1.165) is 23.4 Å². The SMILES string of the molecule is Cc1ccc2cc(C(F)(F)F)cnc2c1C. The van der Waals surface area contributed by atoms with Gasteiger partial charge >= 0.3 is 6.18 Å². The monoisotopic (exact) mass is 225 g/mol. The van der Waals surface area contributed by atoms with Crippen LogP contribution < -0.4 is 0 Å². The van der Waals surface area contributed by atoms with Crippen LogP contribution in [0.25, 0.3) is 10.9 Å². The lowest BCUT2D eigenvalue weighted by Gasteiger charge is -2.09. The Morgan fingerprint density at radius 1 is 1.12 bits per heavy atom. The van der Waals surface area contributed by atoms with Crippen LogP contribution in [0.15, 0.2) is 24.4 Å². The number of aromatic nitrogens is 1. The van der Waals surface area contributed by atoms with E-state index in [0.29, 0.717) is 10.9 Å². The highest BCUT2D eigenvalue weighted by Crippen LogP contribution is 2.31. The van der Waals surface area contributed by atoms with E-state index in [1.54, 1.807) is 12.1 Å². The van der Waals surface area contributed by atoms with Crippen LogP contribution >= 0.6 is 0 Å². The molecule has 0 N–H and O–H groups in total. The van der Waals surface area contributed by atoms with Gasteiger partial charge in [0, 0.05) is 11.6 Å². The van der Waals surface area contributed by atoms with Crippen LogP contribution in [0.5, 0.6) is 0 Å². The van der Waals surface area contributed by atoms with Gasteiger partial charge in [0.1, 0.15) is 0 Å². The molecular formula is C12H10F3N. The van der Waals surface area contributed by atoms with Gasteiger partial charge in [-0.05, 0) is 31.0 Å². The first kappa shape index (κ1) is 10.9. The molecule has 0 aliphatic rings. The summed E-state index contributed by atoms with van der Waals surface area (Å²) in [6, 6.07) is 4.61. The Morgan fingerprint density at radius 3 is 2.44 bits per heavy atom. The Balaban J connectivity index is 2.70. The first-order valence-corrected chi connectivity index (χ1v) is 4.83. The predicted octanol–water partition coefficient (Wildman–Crippen LogP) is 3.87. The molecule has 4 heteroatoms. The molecule has 2 aromatic rings. The van der Waals surface area contributed by atoms with Crippen molar-refractivity contribution >= 4 is 10.9 Å². The van der Waals surface area contributed by atoms with Crippen molar-refractivity contribution in [3.63, 3.8) is 0 Å². The van der Waals surface area contributed by atoms with E-state index in [-0.39, 0.29) is 0 Å². The van der Waals surface area contributed by atoms with Crippen LogP contribution in [0.2, 0.25) is 0 Å². The van der Waals surface area contributed by atoms with Gasteiger partial charge in [0.05, 0.1) is 11.1 Å². The lowest BCUT2D eigenvalue weighted by atomic mass is 10.0. The number of hydrogen-bond donors (Lipinski definition) is 0. The van der Waals surface area contributed by atoms with Crippen LogP contribution in [0, 0.1) is 13.8 Å². The average molecular weight is 225 g/mol. The van der Waals surface area contributed by atoms with Crippen LogP contribution in [0.4, 0.5) is 13.2 Å². The van der Waals surface area contributed by atoms with Crippen molar-refractivity contribution < 1.29 is 13.2 Å². The summed E-state index contributed by atoms with van der Waals surface area (Å²) < 4.78 is 37.4. The summed E-state index contributed by atoms with van der Waals surface area (Å²) in [6.07, 6.45) is -3.45. The van der Waals surface area contributed by atoms with Gasteiger partial charge in [0.2, 0.25) is 0 Å². The van der Waals surface area contributed by atoms with Crippen molar-refractivity contribution in [2.75, 3.05) is 0 Å². The zero-order chi connectivity index (χ0) is 11.9. The van der Waals surface area contributed by atoms with E-state index >= 15 is 0 Å². The summed E-state index contributed by atoms with van der Waals surface area (Å²) in [5.41, 5.74) is 1.88. The molecule has 0 aliphatic carbocycles. The molecular weight excluding hydrogens is 215 g/mol. The third kappa shape index (κ3) is 1.75. The molecule has 0 atom stereocenters. The number of hydrogen-bond acceptors (Lipinski definition) is 1. The summed E-state index contributed by atoms with van der Waals surface area (Å²) >= 11 is 0. The smallest absolute Gasteiger partial charge is 0.255 e. The molecule has 0 radical (unpaired) electrons. The minimum Gasteiger partial charge on any atom is -0.255 e. The van der Waals surface area contributed by atoms with Crippen molar-refractivity contribution in [3.05, 3.63) is 41.1 Å². The van der Waals surface area contributed by atoms with Crippen molar-refractivity contribution in [2.45, 2.75) is 20.0 Å². The zero-order valence-corrected chi connectivity index (χ0v) is 8.89. The van der Waals surface area contributed by atoms with Crippen LogP contribution in [0.1, 0.15) is 16.7 Å². The molecule has 1 aromatic heterocycles. The second-order valence-electron chi connectivity index (χ2n) is 3.80. The Labute approximate surface area is 90.9 Å². The number of nitrogens with zero attached hydrogens (tertiary/aromatic N) is 1. The third-order valence-electron chi connectivity index (χ3n) is 2.70. The largest absolute Gasteiger partial charge is 0.417 e. The quantitative estimate of drug-likeness (QED) is 0.663. The van der Waals surface area contributed by atoms with Gasteiger partial charge in [-0.2, -0.15) is 13.2 Å². The average Bonchev–Trinajstić information content (AvgIpc) is 2.22. The number of benzene rings is 1. The second kappa shape index (κ2) is 3.47. The number of alkyl halides is 3. The third-order valence-corrected chi connectivity index (χ3v) is 2.70. The molecule has 0 bridgehead atoms. The maximum Gasteiger partial charge on any atom is 0.417 e. The number of fused-ring (bicyclic) bond motifs is 1. The highest BCUT2D eigenvalue weighted by Gasteiger charge is 2.31. The summed E-state index contributed by atoms with van der Waals surface area (Å²) in [6.45, 7) is 3.77. The van der Waals surface area contributed by atoms with E-state index in [9.17, 15) is 13.2 Å². The lowest BCUT2D eigenvalue weighted by Crippen LogP contribution is -2.05. The zero-order valence-electron chi connectivity index (χ0n) is 8.89. The molecule has 0 unspecified atom stereocenters. The van der Waals surface area contributed by atoms with Gasteiger partial charge in [0.15, 0.2) is 0 Å². The molecule has 0 amide bonds. The molecule has 1 nitrogen and oxygen atoms in total. The summed E-state index contributed by atoms with van der Waals surface area (Å²) in [4.78, 5) is 3.89. The first-order chi connectivity index (χ1) is 7.39. The standard InChI is InChI=1S/C12H10F3N/c1-7-3-4-9-5-10(12(13,14)15)6-16-11(9)8(7)2/h3-6H,1-2H3. The van der Waals surface area contributed by atoms with Gasteiger partial charge in [-0.25, -0.2) is 0 Å². The molecule has 1 heterocycles. The fraction of sp³-hybridized carbons (Fsp3) is 0.250. The maximum atomic E-state index is 12.5. The minimum absolute atomic E-state index is 0.526. The van der Waals surface area contributed by atoms with Crippen molar-refractivity contribution in [1.29, 1.82) is 0 Å². The molecule has 0 spiro atoms. The van der Waals surface area contributed by atoms with Gasteiger partial charge in [-0.3, -0.25) is 4.98 Å². The normalized spacial score (nSPS) is 12.1. The Hall–Kier alpha value is -1.58. The molecule has 0 saturated heterocycles. The van der Waals surface area contributed by atoms with Crippen molar-refractivity contribution in [2.24, 2.45) is 0 Å². The first-order valence-electron chi connectivity index (χ1n) is 4.83. The Morgan fingerprint density at radius 2 is 1.81 bits per heavy atom. The molecule has 84 valence electrons. The second-order valence-corrected chi connectivity index (χ2v) is 3.80. The van der Waals surface area contributed by atoms with Crippen molar-refractivity contribution in [3.8, 4) is 0 Å². The lowest BCUT2D eigenvalue weighted by molar-refractivity contribution is -0.137. The van der Waals surface area contributed by atoms with Gasteiger partial charge in [0.25, 0.3) is 0 Å². The van der Waals surface area contributed by atoms with Gasteiger partial charge in [-0.15, -0.1) is 0 Å². The highest BCUT2D eigenvalue weighted by atomic mass is 19.4. The molecule has 0 aliphatic heterocycles. The fourth-order valence-corrected chi connectivity index (χ4v) is 1.60. The van der Waals surface area contributed by atoms with Gasteiger partial charge < -0.3 is 0 Å². The topological polar surface area (TPSA) is 12.9 Å². The summed E-state index contributed by atoms with van der Waals surface area (Å²) in [7, 11) is 0. The minimum atomic E-state index is -4.33. The maximum absolute atomic E-state index is 12.5. The van der Waals surface area contributed by atoms with Crippen LogP contribution in [-0.4, -0.2) is 4.98 Å². The molecule has 16 heavy (non-hydrogen) atoms. The summed E-state index contributed by atoms with van der Waals surface area (Å²) in [5, 5.41) is 0.526. The molecule has 0 fully saturated rings. The van der Waals surface area contributed by atoms with Crippen molar-refractivity contribution in [1.82, 2.24) is 4.98 Å². The molecule has 0 saturated carbocycles. The van der Waals surface area contributed by atoms with E-state index in [1.165, 1.54) is 0 Å². The molecule has 2 rings (SSSR count). The van der Waals surface area contributed by atoms with Gasteiger partial charge in [-0.1, -0.05) is 12.1 Å². The molecule has 1 aromatic carbocycles. The van der Waals surface area contributed by atoms with Crippen LogP contribution in [-0.2, 0) is 6.18 Å². The van der Waals surface area contributed by atoms with E-state index in [2.05, 4.69) is 4.98 Å². The number of pyridine rings is 1. The number of halogens is 3. The van der Waals surface area contributed by atoms with E-state index in [1.807, 2.05) is 13.8 Å². The predicted molar refractivity (Wildman–Crippen MR) is 56.2 cm³/mol. The summed E-state index contributed by atoms with van der Waals surface area (Å²) in [5.74, 6) is 0. The van der Waals surface area contributed by atoms with E-state index in [4.69, 9.17) is 0 Å². The fourth-order valence-electron chi connectivity index (χ4n) is 1.60. The Kier molecular flexibility index (Phi) is 2.37. The number of rotatable bonds is 0. The highest BCUT2D eigenvalue weighted by molar-refractivity contribution is 5.83. The van der Waals surface area contributed by atoms with E-state index < -0.39 is 11.7 Å². The van der Waals surface area contributed by atoms with Crippen LogP contribution in [0.3, 0.4) is 0 Å².